The minimum atomic E-state index is 1.03. The van der Waals surface area contributed by atoms with Crippen molar-refractivity contribution in [1.82, 2.24) is 4.57 Å². The van der Waals surface area contributed by atoms with Gasteiger partial charge in [-0.3, -0.25) is 0 Å². The Morgan fingerprint density at radius 1 is 1.53 bits per heavy atom. The van der Waals surface area contributed by atoms with Crippen molar-refractivity contribution < 1.29 is 0 Å². The van der Waals surface area contributed by atoms with E-state index in [2.05, 4.69) is 42.9 Å². The van der Waals surface area contributed by atoms with Gasteiger partial charge in [0.25, 0.3) is 0 Å². The number of nitrogens with zero attached hydrogens (tertiary/aromatic N) is 1. The van der Waals surface area contributed by atoms with Crippen molar-refractivity contribution in [2.75, 3.05) is 0 Å². The smallest absolute Gasteiger partial charge is 0.0490 e. The van der Waals surface area contributed by atoms with Crippen LogP contribution in [0.5, 0.6) is 0 Å². The quantitative estimate of drug-likeness (QED) is 0.688. The maximum Gasteiger partial charge on any atom is 0.0490 e. The molecule has 0 saturated heterocycles. The zero-order valence-corrected chi connectivity index (χ0v) is 9.29. The van der Waals surface area contributed by atoms with Crippen LogP contribution in [0.2, 0.25) is 0 Å². The van der Waals surface area contributed by atoms with E-state index in [1.165, 1.54) is 21.8 Å². The van der Waals surface area contributed by atoms with E-state index in [-0.39, 0.29) is 0 Å². The first-order chi connectivity index (χ1) is 7.29. The molecule has 0 N–H and O–H groups in total. The lowest BCUT2D eigenvalue weighted by Crippen LogP contribution is -2.27. The molecule has 2 rings (SSSR count). The first-order valence-electron chi connectivity index (χ1n) is 5.51. The molecule has 0 atom stereocenters. The Kier molecular flexibility index (Phi) is 2.63. The third kappa shape index (κ3) is 1.48. The number of hydrogen-bond donors (Lipinski definition) is 0. The molecule has 1 aliphatic rings. The van der Waals surface area contributed by atoms with Gasteiger partial charge in [0.05, 0.1) is 0 Å². The van der Waals surface area contributed by atoms with E-state index in [4.69, 9.17) is 0 Å². The predicted octanol–water partition coefficient (Wildman–Crippen LogP) is 2.15. The minimum absolute atomic E-state index is 1.03. The van der Waals surface area contributed by atoms with E-state index < -0.39 is 0 Å². The zero-order valence-electron chi connectivity index (χ0n) is 9.29. The molecule has 1 heteroatoms. The van der Waals surface area contributed by atoms with Gasteiger partial charge < -0.3 is 4.57 Å². The number of allylic oxidation sites excluding steroid dienone is 1. The second-order valence-electron chi connectivity index (χ2n) is 3.83. The van der Waals surface area contributed by atoms with Gasteiger partial charge in [0.1, 0.15) is 0 Å². The Morgan fingerprint density at radius 2 is 2.33 bits per heavy atom. The number of fused-ring (bicyclic) bond motifs is 1. The molecule has 0 aromatic carbocycles. The van der Waals surface area contributed by atoms with E-state index >= 15 is 0 Å². The Hall–Kier alpha value is -1.50. The van der Waals surface area contributed by atoms with Crippen LogP contribution in [0, 0.1) is 0 Å². The van der Waals surface area contributed by atoms with Crippen molar-refractivity contribution in [3.05, 3.63) is 34.5 Å². The highest BCUT2D eigenvalue weighted by atomic mass is 15.0. The minimum Gasteiger partial charge on any atom is -0.317 e. The number of rotatable bonds is 2. The van der Waals surface area contributed by atoms with Crippen LogP contribution in [0.4, 0.5) is 0 Å². The fourth-order valence-corrected chi connectivity index (χ4v) is 2.22. The van der Waals surface area contributed by atoms with Crippen molar-refractivity contribution in [2.45, 2.75) is 26.2 Å². The third-order valence-electron chi connectivity index (χ3n) is 2.92. The Labute approximate surface area is 90.7 Å². The van der Waals surface area contributed by atoms with Crippen molar-refractivity contribution in [3.63, 3.8) is 0 Å². The van der Waals surface area contributed by atoms with Gasteiger partial charge in [0.2, 0.25) is 0 Å². The second-order valence-corrected chi connectivity index (χ2v) is 3.83. The van der Waals surface area contributed by atoms with E-state index in [1.54, 1.807) is 0 Å². The lowest BCUT2D eigenvalue weighted by molar-refractivity contribution is 0.966. The van der Waals surface area contributed by atoms with Gasteiger partial charge >= 0.3 is 0 Å². The number of hydrogen-bond acceptors (Lipinski definition) is 0. The summed E-state index contributed by atoms with van der Waals surface area (Å²) < 4.78 is 2.15. The fraction of sp³-hybridized carbons (Fsp3) is 0.286. The molecule has 0 unspecified atom stereocenters. The standard InChI is InChI=1S/C14H17N/c1-4-8-13-11(3)12-9-6-7-10-14(12)15(13)5-2/h5,7-8,10H,2-4,6,9H2,1H3/b13-8+. The summed E-state index contributed by atoms with van der Waals surface area (Å²) in [6.07, 6.45) is 11.8. The SMILES string of the molecule is C=Cn1c2c(c(=C)/c1=C\CC)CCC=C2. The molecule has 1 heterocycles. The maximum atomic E-state index is 4.19. The number of aromatic nitrogens is 1. The molecule has 0 spiro atoms. The van der Waals surface area contributed by atoms with Gasteiger partial charge in [-0.05, 0) is 36.1 Å². The molecule has 1 aromatic heterocycles. The average Bonchev–Trinajstić information content (AvgIpc) is 2.54. The highest BCUT2D eigenvalue weighted by Gasteiger charge is 2.11. The Bertz CT molecular complexity index is 515. The molecular formula is C14H17N. The van der Waals surface area contributed by atoms with Crippen molar-refractivity contribution in [1.29, 1.82) is 0 Å². The average molecular weight is 199 g/mol. The summed E-state index contributed by atoms with van der Waals surface area (Å²) in [6.45, 7) is 10.2. The highest BCUT2D eigenvalue weighted by molar-refractivity contribution is 5.58. The first kappa shape index (κ1) is 10.0. The van der Waals surface area contributed by atoms with Crippen LogP contribution in [0.25, 0.3) is 24.9 Å². The molecular weight excluding hydrogens is 182 g/mol. The first-order valence-corrected chi connectivity index (χ1v) is 5.51. The van der Waals surface area contributed by atoms with E-state index in [1.807, 2.05) is 6.20 Å². The van der Waals surface area contributed by atoms with Crippen LogP contribution in [0.1, 0.15) is 31.0 Å². The molecule has 78 valence electrons. The lowest BCUT2D eigenvalue weighted by Gasteiger charge is -2.06. The van der Waals surface area contributed by atoms with Crippen LogP contribution in [-0.4, -0.2) is 4.57 Å². The summed E-state index contributed by atoms with van der Waals surface area (Å²) in [6, 6.07) is 0. The molecule has 0 aliphatic heterocycles. The third-order valence-corrected chi connectivity index (χ3v) is 2.92. The monoisotopic (exact) mass is 199 g/mol. The zero-order chi connectivity index (χ0) is 10.8. The summed E-state index contributed by atoms with van der Waals surface area (Å²) in [5.41, 5.74) is 2.65. The summed E-state index contributed by atoms with van der Waals surface area (Å²) >= 11 is 0. The van der Waals surface area contributed by atoms with Gasteiger partial charge in [-0.15, -0.1) is 0 Å². The maximum absolute atomic E-state index is 4.19. The van der Waals surface area contributed by atoms with Crippen LogP contribution in [0.3, 0.4) is 0 Å². The summed E-state index contributed by atoms with van der Waals surface area (Å²) in [4.78, 5) is 0. The van der Waals surface area contributed by atoms with E-state index in [0.717, 1.165) is 19.3 Å². The van der Waals surface area contributed by atoms with Gasteiger partial charge in [0, 0.05) is 17.2 Å². The van der Waals surface area contributed by atoms with Gasteiger partial charge in [-0.2, -0.15) is 0 Å². The molecule has 1 aliphatic carbocycles. The second kappa shape index (κ2) is 3.93. The molecule has 1 aromatic rings. The van der Waals surface area contributed by atoms with Gasteiger partial charge in [-0.1, -0.05) is 32.2 Å². The molecule has 15 heavy (non-hydrogen) atoms. The summed E-state index contributed by atoms with van der Waals surface area (Å²) in [5.74, 6) is 0. The van der Waals surface area contributed by atoms with Crippen molar-refractivity contribution in [3.8, 4) is 0 Å². The molecule has 0 amide bonds. The lowest BCUT2D eigenvalue weighted by atomic mass is 10.0. The van der Waals surface area contributed by atoms with Crippen LogP contribution >= 0.6 is 0 Å². The molecule has 0 radical (unpaired) electrons. The van der Waals surface area contributed by atoms with E-state index in [9.17, 15) is 0 Å². The predicted molar refractivity (Wildman–Crippen MR) is 67.7 cm³/mol. The molecule has 0 bridgehead atoms. The Morgan fingerprint density at radius 3 is 3.00 bits per heavy atom. The van der Waals surface area contributed by atoms with Crippen LogP contribution in [-0.2, 0) is 6.42 Å². The fourth-order valence-electron chi connectivity index (χ4n) is 2.22. The van der Waals surface area contributed by atoms with E-state index in [0.29, 0.717) is 0 Å². The summed E-state index contributed by atoms with van der Waals surface area (Å²) in [7, 11) is 0. The van der Waals surface area contributed by atoms with Crippen molar-refractivity contribution in [2.24, 2.45) is 0 Å². The summed E-state index contributed by atoms with van der Waals surface area (Å²) in [5, 5.41) is 2.39. The highest BCUT2D eigenvalue weighted by Crippen LogP contribution is 2.14. The largest absolute Gasteiger partial charge is 0.317 e. The van der Waals surface area contributed by atoms with Crippen LogP contribution in [0.15, 0.2) is 12.7 Å². The molecule has 1 nitrogen and oxygen atoms in total. The Balaban J connectivity index is 2.83. The van der Waals surface area contributed by atoms with Gasteiger partial charge in [-0.25, -0.2) is 0 Å². The topological polar surface area (TPSA) is 4.93 Å². The van der Waals surface area contributed by atoms with Gasteiger partial charge in [0.15, 0.2) is 0 Å². The molecule has 0 fully saturated rings. The van der Waals surface area contributed by atoms with Crippen LogP contribution < -0.4 is 10.6 Å². The molecule has 0 saturated carbocycles. The normalized spacial score (nSPS) is 15.4. The van der Waals surface area contributed by atoms with Crippen molar-refractivity contribution >= 4 is 24.9 Å².